The highest BCUT2D eigenvalue weighted by atomic mass is 19.1. The van der Waals surface area contributed by atoms with E-state index in [1.165, 1.54) is 13.8 Å². The lowest BCUT2D eigenvalue weighted by Gasteiger charge is -2.28. The standard InChI is InChI=1S/C30H40F2N4O6/c1-19(37)35-24(13-22-12-23(31)10-11-25(22)32)14-27(39)33-17-30(3,4)18-34-29(41)28(40)26(36-20(2)38)16-42-15-21-8-6-5-7-9-21/h5-12,24,26,28,40H,13-18H2,1-4H3,(H,33,39)(H,34,41)(H,35,37)(H,36,38)/t24?,26-,28+/m1/s1. The Hall–Kier alpha value is -3.90. The summed E-state index contributed by atoms with van der Waals surface area (Å²) in [6, 6.07) is 10.5. The fourth-order valence-electron chi connectivity index (χ4n) is 4.09. The highest BCUT2D eigenvalue weighted by molar-refractivity contribution is 5.83. The van der Waals surface area contributed by atoms with Gasteiger partial charge in [-0.05, 0) is 41.2 Å². The number of benzene rings is 2. The molecule has 0 aliphatic heterocycles. The first-order valence-corrected chi connectivity index (χ1v) is 13.6. The molecule has 3 atom stereocenters. The van der Waals surface area contributed by atoms with Gasteiger partial charge in [0.2, 0.25) is 17.7 Å². The first-order valence-electron chi connectivity index (χ1n) is 13.6. The van der Waals surface area contributed by atoms with Crippen molar-refractivity contribution in [2.24, 2.45) is 5.41 Å². The third-order valence-corrected chi connectivity index (χ3v) is 6.27. The molecule has 230 valence electrons. The van der Waals surface area contributed by atoms with Crippen molar-refractivity contribution in [1.29, 1.82) is 0 Å². The van der Waals surface area contributed by atoms with Crippen molar-refractivity contribution in [3.05, 3.63) is 71.3 Å². The van der Waals surface area contributed by atoms with E-state index in [4.69, 9.17) is 4.74 Å². The van der Waals surface area contributed by atoms with Crippen LogP contribution in [-0.2, 0) is 36.9 Å². The smallest absolute Gasteiger partial charge is 0.251 e. The van der Waals surface area contributed by atoms with Crippen LogP contribution in [0.4, 0.5) is 8.78 Å². The second-order valence-electron chi connectivity index (χ2n) is 11.0. The number of amides is 4. The van der Waals surface area contributed by atoms with E-state index < -0.39 is 58.9 Å². The summed E-state index contributed by atoms with van der Waals surface area (Å²) in [7, 11) is 0. The van der Waals surface area contributed by atoms with Crippen LogP contribution in [-0.4, -0.2) is 66.6 Å². The average molecular weight is 591 g/mol. The van der Waals surface area contributed by atoms with Crippen LogP contribution in [0.1, 0.15) is 45.2 Å². The second-order valence-corrected chi connectivity index (χ2v) is 11.0. The zero-order chi connectivity index (χ0) is 31.3. The molecule has 2 rings (SSSR count). The Morgan fingerprint density at radius 2 is 1.57 bits per heavy atom. The van der Waals surface area contributed by atoms with Gasteiger partial charge in [0.05, 0.1) is 19.3 Å². The third kappa shape index (κ3) is 12.7. The van der Waals surface area contributed by atoms with E-state index in [2.05, 4.69) is 21.3 Å². The summed E-state index contributed by atoms with van der Waals surface area (Å²) in [4.78, 5) is 48.6. The van der Waals surface area contributed by atoms with Crippen molar-refractivity contribution in [2.45, 2.75) is 65.3 Å². The molecule has 12 heteroatoms. The maximum atomic E-state index is 14.1. The van der Waals surface area contributed by atoms with E-state index in [1.807, 2.05) is 30.3 Å². The van der Waals surface area contributed by atoms with Crippen LogP contribution in [0.25, 0.3) is 0 Å². The summed E-state index contributed by atoms with van der Waals surface area (Å²) in [5.74, 6) is -3.29. The number of carbonyl (C=O) groups is 4. The SMILES string of the molecule is CC(=O)NC(CC(=O)NCC(C)(C)CNC(=O)[C@@H](O)[C@@H](COCc1ccccc1)NC(C)=O)Cc1cc(F)ccc1F. The molecule has 4 amide bonds. The minimum absolute atomic E-state index is 0.0335. The lowest BCUT2D eigenvalue weighted by Crippen LogP contribution is -2.54. The van der Waals surface area contributed by atoms with Crippen LogP contribution in [0.5, 0.6) is 0 Å². The predicted octanol–water partition coefficient (Wildman–Crippen LogP) is 1.74. The van der Waals surface area contributed by atoms with Crippen molar-refractivity contribution in [1.82, 2.24) is 21.3 Å². The molecule has 0 saturated carbocycles. The normalized spacial score (nSPS) is 13.4. The van der Waals surface area contributed by atoms with E-state index in [1.54, 1.807) is 13.8 Å². The number of ether oxygens (including phenoxy) is 1. The van der Waals surface area contributed by atoms with Gasteiger partial charge < -0.3 is 31.1 Å². The predicted molar refractivity (Wildman–Crippen MR) is 152 cm³/mol. The monoisotopic (exact) mass is 590 g/mol. The van der Waals surface area contributed by atoms with Gasteiger partial charge in [0.1, 0.15) is 11.6 Å². The Morgan fingerprint density at radius 3 is 2.21 bits per heavy atom. The van der Waals surface area contributed by atoms with Crippen LogP contribution in [0.3, 0.4) is 0 Å². The molecule has 0 heterocycles. The second kappa shape index (κ2) is 16.5. The van der Waals surface area contributed by atoms with Crippen LogP contribution in [0, 0.1) is 17.0 Å². The van der Waals surface area contributed by atoms with Gasteiger partial charge in [-0.1, -0.05) is 44.2 Å². The fourth-order valence-corrected chi connectivity index (χ4v) is 4.09. The summed E-state index contributed by atoms with van der Waals surface area (Å²) in [6.45, 7) is 6.42. The number of hydrogen-bond donors (Lipinski definition) is 5. The summed E-state index contributed by atoms with van der Waals surface area (Å²) in [6.07, 6.45) is -1.85. The Morgan fingerprint density at radius 1 is 0.929 bits per heavy atom. The van der Waals surface area contributed by atoms with Gasteiger partial charge in [-0.15, -0.1) is 0 Å². The van der Waals surface area contributed by atoms with Gasteiger partial charge in [-0.2, -0.15) is 0 Å². The van der Waals surface area contributed by atoms with Gasteiger partial charge in [-0.3, -0.25) is 19.2 Å². The topological polar surface area (TPSA) is 146 Å². The molecule has 2 aromatic rings. The molecule has 10 nitrogen and oxygen atoms in total. The van der Waals surface area contributed by atoms with E-state index in [0.29, 0.717) is 0 Å². The van der Waals surface area contributed by atoms with E-state index >= 15 is 0 Å². The summed E-state index contributed by atoms with van der Waals surface area (Å²) < 4.78 is 33.3. The molecule has 0 bridgehead atoms. The van der Waals surface area contributed by atoms with E-state index in [9.17, 15) is 33.1 Å². The largest absolute Gasteiger partial charge is 0.381 e. The molecular weight excluding hydrogens is 550 g/mol. The van der Waals surface area contributed by atoms with E-state index in [0.717, 1.165) is 23.8 Å². The quantitative estimate of drug-likeness (QED) is 0.201. The minimum Gasteiger partial charge on any atom is -0.381 e. The van der Waals surface area contributed by atoms with Crippen molar-refractivity contribution in [2.75, 3.05) is 19.7 Å². The summed E-state index contributed by atoms with van der Waals surface area (Å²) in [5, 5.41) is 21.1. The van der Waals surface area contributed by atoms with Gasteiger partial charge in [0.15, 0.2) is 6.10 Å². The molecule has 1 unspecified atom stereocenters. The van der Waals surface area contributed by atoms with Crippen molar-refractivity contribution < 1.29 is 37.8 Å². The van der Waals surface area contributed by atoms with Gasteiger partial charge in [-0.25, -0.2) is 8.78 Å². The van der Waals surface area contributed by atoms with Crippen LogP contribution in [0.15, 0.2) is 48.5 Å². The van der Waals surface area contributed by atoms with E-state index in [-0.39, 0.29) is 44.7 Å². The average Bonchev–Trinajstić information content (AvgIpc) is 2.92. The number of hydrogen-bond acceptors (Lipinski definition) is 6. The molecule has 0 aliphatic rings. The summed E-state index contributed by atoms with van der Waals surface area (Å²) in [5.41, 5.74) is 0.272. The summed E-state index contributed by atoms with van der Waals surface area (Å²) >= 11 is 0. The Kier molecular flexibility index (Phi) is 13.5. The third-order valence-electron chi connectivity index (χ3n) is 6.27. The number of nitrogens with one attached hydrogen (secondary N) is 4. The lowest BCUT2D eigenvalue weighted by atomic mass is 9.93. The fraction of sp³-hybridized carbons (Fsp3) is 0.467. The Labute approximate surface area is 244 Å². The highest BCUT2D eigenvalue weighted by Crippen LogP contribution is 2.15. The van der Waals surface area contributed by atoms with Crippen molar-refractivity contribution >= 4 is 23.6 Å². The molecule has 0 spiro atoms. The lowest BCUT2D eigenvalue weighted by molar-refractivity contribution is -0.133. The van der Waals surface area contributed by atoms with Gasteiger partial charge >= 0.3 is 0 Å². The molecule has 5 N–H and O–H groups in total. The molecular formula is C30H40F2N4O6. The molecule has 0 fully saturated rings. The maximum absolute atomic E-state index is 14.1. The maximum Gasteiger partial charge on any atom is 0.251 e. The van der Waals surface area contributed by atoms with Crippen LogP contribution >= 0.6 is 0 Å². The number of aliphatic hydroxyl groups excluding tert-OH is 1. The Bertz CT molecular complexity index is 1210. The van der Waals surface area contributed by atoms with Crippen molar-refractivity contribution in [3.63, 3.8) is 0 Å². The zero-order valence-corrected chi connectivity index (χ0v) is 24.3. The van der Waals surface area contributed by atoms with Crippen LogP contribution in [0.2, 0.25) is 0 Å². The minimum atomic E-state index is -1.59. The highest BCUT2D eigenvalue weighted by Gasteiger charge is 2.29. The first kappa shape index (κ1) is 34.3. The number of rotatable bonds is 16. The molecule has 2 aromatic carbocycles. The van der Waals surface area contributed by atoms with Crippen LogP contribution < -0.4 is 21.3 Å². The first-order chi connectivity index (χ1) is 19.8. The Balaban J connectivity index is 1.87. The molecule has 42 heavy (non-hydrogen) atoms. The molecule has 0 radical (unpaired) electrons. The van der Waals surface area contributed by atoms with Gasteiger partial charge in [0, 0.05) is 39.4 Å². The number of carbonyl (C=O) groups excluding carboxylic acids is 4. The molecule has 0 aliphatic carbocycles. The zero-order valence-electron chi connectivity index (χ0n) is 24.3. The number of aliphatic hydroxyl groups is 1. The van der Waals surface area contributed by atoms with Gasteiger partial charge in [0.25, 0.3) is 5.91 Å². The van der Waals surface area contributed by atoms with Crippen molar-refractivity contribution in [3.8, 4) is 0 Å². The molecule has 0 aromatic heterocycles. The number of halogens is 2. The molecule has 0 saturated heterocycles.